The topological polar surface area (TPSA) is 117 Å². The van der Waals surface area contributed by atoms with Gasteiger partial charge in [-0.25, -0.2) is 9.52 Å². The Morgan fingerprint density at radius 2 is 1.67 bits per heavy atom. The van der Waals surface area contributed by atoms with Gasteiger partial charge in [-0.3, -0.25) is 4.79 Å². The lowest BCUT2D eigenvalue weighted by Gasteiger charge is -2.19. The molecule has 9 nitrogen and oxygen atoms in total. The number of rotatable bonds is 7. The van der Waals surface area contributed by atoms with Crippen molar-refractivity contribution in [1.82, 2.24) is 19.7 Å². The highest BCUT2D eigenvalue weighted by Crippen LogP contribution is 2.05. The monoisotopic (exact) mass is 324 g/mol. The Hall–Kier alpha value is -1.39. The third kappa shape index (κ3) is 10.0. The van der Waals surface area contributed by atoms with Gasteiger partial charge in [0.25, 0.3) is 10.2 Å². The molecule has 3 N–H and O–H groups in total. The molecule has 0 bridgehead atoms. The summed E-state index contributed by atoms with van der Waals surface area (Å²) in [5, 5.41) is 4.75. The molecule has 0 fully saturated rings. The zero-order valence-corrected chi connectivity index (χ0v) is 13.8. The largest absolute Gasteiger partial charge is 0.444 e. The minimum absolute atomic E-state index is 0.0543. The quantitative estimate of drug-likeness (QED) is 0.521. The van der Waals surface area contributed by atoms with E-state index in [9.17, 15) is 18.0 Å². The second-order valence-corrected chi connectivity index (χ2v) is 7.36. The fourth-order valence-corrected chi connectivity index (χ4v) is 1.66. The Bertz CT molecular complexity index is 456. The first-order valence-corrected chi connectivity index (χ1v) is 7.79. The van der Waals surface area contributed by atoms with Crippen molar-refractivity contribution in [3.63, 3.8) is 0 Å². The summed E-state index contributed by atoms with van der Waals surface area (Å²) >= 11 is 0. The number of hydrogen-bond donors (Lipinski definition) is 3. The molecule has 0 aliphatic rings. The highest BCUT2D eigenvalue weighted by Gasteiger charge is 2.16. The first-order chi connectivity index (χ1) is 9.44. The van der Waals surface area contributed by atoms with Gasteiger partial charge < -0.3 is 15.4 Å². The molecule has 0 aromatic carbocycles. The molecule has 0 saturated carbocycles. The summed E-state index contributed by atoms with van der Waals surface area (Å²) in [5.74, 6) is -0.440. The van der Waals surface area contributed by atoms with Gasteiger partial charge >= 0.3 is 6.09 Å². The summed E-state index contributed by atoms with van der Waals surface area (Å²) in [6, 6.07) is 0. The summed E-state index contributed by atoms with van der Waals surface area (Å²) in [5.41, 5.74) is -0.634. The molecule has 0 heterocycles. The van der Waals surface area contributed by atoms with Gasteiger partial charge in [-0.2, -0.15) is 12.7 Å². The van der Waals surface area contributed by atoms with Crippen molar-refractivity contribution in [2.45, 2.75) is 26.4 Å². The van der Waals surface area contributed by atoms with E-state index in [4.69, 9.17) is 4.74 Å². The van der Waals surface area contributed by atoms with Crippen molar-refractivity contribution in [3.8, 4) is 0 Å². The highest BCUT2D eigenvalue weighted by atomic mass is 32.2. The number of carbonyl (C=O) groups excluding carboxylic acids is 2. The van der Waals surface area contributed by atoms with Crippen LogP contribution in [0.3, 0.4) is 0 Å². The first-order valence-electron chi connectivity index (χ1n) is 6.35. The van der Waals surface area contributed by atoms with E-state index in [1.807, 2.05) is 0 Å². The second kappa shape index (κ2) is 8.15. The van der Waals surface area contributed by atoms with E-state index < -0.39 is 27.8 Å². The second-order valence-electron chi connectivity index (χ2n) is 5.39. The molecule has 0 aliphatic carbocycles. The average Bonchev–Trinajstić information content (AvgIpc) is 2.29. The van der Waals surface area contributed by atoms with Gasteiger partial charge in [-0.15, -0.1) is 0 Å². The Morgan fingerprint density at radius 3 is 2.14 bits per heavy atom. The average molecular weight is 324 g/mol. The summed E-state index contributed by atoms with van der Waals surface area (Å²) in [7, 11) is -0.711. The molecule has 0 radical (unpaired) electrons. The van der Waals surface area contributed by atoms with Crippen LogP contribution in [0.1, 0.15) is 20.8 Å². The SMILES string of the molecule is CN(C)S(=O)(=O)NCCNC(=O)CNC(=O)OC(C)(C)C. The number of nitrogens with zero attached hydrogens (tertiary/aromatic N) is 1. The Morgan fingerprint density at radius 1 is 1.10 bits per heavy atom. The van der Waals surface area contributed by atoms with E-state index in [2.05, 4.69) is 15.4 Å². The molecular weight excluding hydrogens is 300 g/mol. The zero-order chi connectivity index (χ0) is 16.7. The van der Waals surface area contributed by atoms with Crippen molar-refractivity contribution in [3.05, 3.63) is 0 Å². The van der Waals surface area contributed by atoms with Crippen molar-refractivity contribution in [1.29, 1.82) is 0 Å². The molecule has 2 amide bonds. The van der Waals surface area contributed by atoms with Gasteiger partial charge in [-0.1, -0.05) is 0 Å². The van der Waals surface area contributed by atoms with Crippen LogP contribution in [0.15, 0.2) is 0 Å². The molecule has 124 valence electrons. The van der Waals surface area contributed by atoms with Crippen LogP contribution in [0, 0.1) is 0 Å². The van der Waals surface area contributed by atoms with Crippen LogP contribution in [-0.2, 0) is 19.7 Å². The Labute approximate surface area is 125 Å². The highest BCUT2D eigenvalue weighted by molar-refractivity contribution is 7.87. The summed E-state index contributed by atoms with van der Waals surface area (Å²) in [6.45, 7) is 5.06. The summed E-state index contributed by atoms with van der Waals surface area (Å²) in [6.07, 6.45) is -0.689. The van der Waals surface area contributed by atoms with Gasteiger partial charge in [0.15, 0.2) is 0 Å². The van der Waals surface area contributed by atoms with Crippen LogP contribution < -0.4 is 15.4 Å². The van der Waals surface area contributed by atoms with Crippen molar-refractivity contribution < 1.29 is 22.7 Å². The lowest BCUT2D eigenvalue weighted by atomic mass is 10.2. The van der Waals surface area contributed by atoms with Gasteiger partial charge in [0.1, 0.15) is 5.60 Å². The number of hydrogen-bond acceptors (Lipinski definition) is 5. The molecule has 0 aromatic rings. The number of amides is 2. The third-order valence-corrected chi connectivity index (χ3v) is 3.53. The van der Waals surface area contributed by atoms with Crippen LogP contribution in [-0.4, -0.2) is 64.1 Å². The molecule has 0 atom stereocenters. The van der Waals surface area contributed by atoms with Gasteiger partial charge in [-0.05, 0) is 20.8 Å². The first kappa shape index (κ1) is 19.6. The lowest BCUT2D eigenvalue weighted by Crippen LogP contribution is -2.43. The number of carbonyl (C=O) groups is 2. The lowest BCUT2D eigenvalue weighted by molar-refractivity contribution is -0.120. The molecule has 0 aliphatic heterocycles. The minimum atomic E-state index is -3.50. The standard InChI is InChI=1S/C11H24N4O5S/c1-11(2,3)20-10(17)13-8-9(16)12-6-7-14-21(18,19)15(4)5/h14H,6-8H2,1-5H3,(H,12,16)(H,13,17). The Kier molecular flexibility index (Phi) is 7.61. The van der Waals surface area contributed by atoms with Crippen molar-refractivity contribution in [2.24, 2.45) is 0 Å². The molecular formula is C11H24N4O5S. The number of ether oxygens (including phenoxy) is 1. The maximum Gasteiger partial charge on any atom is 0.408 e. The normalized spacial score (nSPS) is 12.1. The predicted octanol–water partition coefficient (Wildman–Crippen LogP) is -0.977. The van der Waals surface area contributed by atoms with Gasteiger partial charge in [0, 0.05) is 27.2 Å². The van der Waals surface area contributed by atoms with Crippen LogP contribution in [0.25, 0.3) is 0 Å². The number of alkyl carbamates (subject to hydrolysis) is 1. The van der Waals surface area contributed by atoms with Crippen LogP contribution in [0.5, 0.6) is 0 Å². The molecule has 0 spiro atoms. The van der Waals surface area contributed by atoms with E-state index in [0.29, 0.717) is 0 Å². The van der Waals surface area contributed by atoms with E-state index in [0.717, 1.165) is 4.31 Å². The molecule has 21 heavy (non-hydrogen) atoms. The van der Waals surface area contributed by atoms with E-state index in [-0.39, 0.29) is 19.6 Å². The van der Waals surface area contributed by atoms with E-state index in [1.54, 1.807) is 20.8 Å². The zero-order valence-electron chi connectivity index (χ0n) is 13.0. The minimum Gasteiger partial charge on any atom is -0.444 e. The molecule has 0 aromatic heterocycles. The van der Waals surface area contributed by atoms with Gasteiger partial charge in [0.2, 0.25) is 5.91 Å². The smallest absolute Gasteiger partial charge is 0.408 e. The molecule has 0 rings (SSSR count). The van der Waals surface area contributed by atoms with E-state index in [1.165, 1.54) is 14.1 Å². The third-order valence-electron chi connectivity index (χ3n) is 2.00. The van der Waals surface area contributed by atoms with Crippen LogP contribution >= 0.6 is 0 Å². The Balaban J connectivity index is 3.85. The number of nitrogens with one attached hydrogen (secondary N) is 3. The van der Waals surface area contributed by atoms with Gasteiger partial charge in [0.05, 0.1) is 6.54 Å². The molecule has 0 unspecified atom stereocenters. The fraction of sp³-hybridized carbons (Fsp3) is 0.818. The fourth-order valence-electron chi connectivity index (χ4n) is 1.04. The van der Waals surface area contributed by atoms with Crippen molar-refractivity contribution >= 4 is 22.2 Å². The molecule has 10 heteroatoms. The predicted molar refractivity (Wildman–Crippen MR) is 77.9 cm³/mol. The molecule has 0 saturated heterocycles. The maximum absolute atomic E-state index is 11.4. The summed E-state index contributed by atoms with van der Waals surface area (Å²) < 4.78 is 31.0. The maximum atomic E-state index is 11.4. The van der Waals surface area contributed by atoms with Crippen molar-refractivity contribution in [2.75, 3.05) is 33.7 Å². The summed E-state index contributed by atoms with van der Waals surface area (Å²) in [4.78, 5) is 22.7. The van der Waals surface area contributed by atoms with Crippen LogP contribution in [0.2, 0.25) is 0 Å². The van der Waals surface area contributed by atoms with Crippen LogP contribution in [0.4, 0.5) is 4.79 Å². The van der Waals surface area contributed by atoms with E-state index >= 15 is 0 Å².